The van der Waals surface area contributed by atoms with Crippen LogP contribution in [-0.4, -0.2) is 19.6 Å². The molecule has 0 amide bonds. The molecule has 17 heavy (non-hydrogen) atoms. The molecule has 0 saturated heterocycles. The monoisotopic (exact) mass is 227 g/mol. The molecule has 1 aliphatic carbocycles. The first-order valence-corrected chi connectivity index (χ1v) is 5.90. The molecule has 1 aliphatic rings. The third-order valence-corrected chi connectivity index (χ3v) is 3.53. The Bertz CT molecular complexity index is 603. The van der Waals surface area contributed by atoms with Crippen LogP contribution in [-0.2, 0) is 11.8 Å². The van der Waals surface area contributed by atoms with Gasteiger partial charge in [0.25, 0.3) is 5.78 Å². The van der Waals surface area contributed by atoms with E-state index in [0.29, 0.717) is 5.78 Å². The van der Waals surface area contributed by atoms with Crippen LogP contribution in [0.2, 0.25) is 0 Å². The van der Waals surface area contributed by atoms with Gasteiger partial charge in [-0.1, -0.05) is 6.92 Å². The fraction of sp³-hybridized carbons (Fsp3) is 0.500. The predicted octanol–water partition coefficient (Wildman–Crippen LogP) is 1.63. The summed E-state index contributed by atoms with van der Waals surface area (Å²) in [6.07, 6.45) is 7.42. The van der Waals surface area contributed by atoms with Gasteiger partial charge in [-0.2, -0.15) is 10.2 Å². The minimum Gasteiger partial charge on any atom is -0.219 e. The zero-order valence-electron chi connectivity index (χ0n) is 9.72. The average Bonchev–Trinajstić information content (AvgIpc) is 2.70. The van der Waals surface area contributed by atoms with E-state index < -0.39 is 0 Å². The minimum absolute atomic E-state index is 0.334. The highest BCUT2D eigenvalue weighted by molar-refractivity contribution is 5.36. The maximum absolute atomic E-state index is 9.29. The molecule has 2 aromatic rings. The molecule has 2 aromatic heterocycles. The van der Waals surface area contributed by atoms with Crippen molar-refractivity contribution in [2.75, 3.05) is 0 Å². The van der Waals surface area contributed by atoms with Crippen molar-refractivity contribution in [3.63, 3.8) is 0 Å². The predicted molar refractivity (Wildman–Crippen MR) is 61.3 cm³/mol. The molecule has 1 fully saturated rings. The molecule has 3 rings (SSSR count). The standard InChI is InChI=1S/C12H13N5/c1-2-10-15-11-14-6-9(7-17(11)16-10)12(8-13)4-3-5-12/h6-7H,2-5H2,1H3. The molecular weight excluding hydrogens is 214 g/mol. The third kappa shape index (κ3) is 1.41. The first kappa shape index (κ1) is 10.2. The van der Waals surface area contributed by atoms with Crippen molar-refractivity contribution < 1.29 is 0 Å². The third-order valence-electron chi connectivity index (χ3n) is 3.53. The summed E-state index contributed by atoms with van der Waals surface area (Å²) in [6, 6.07) is 2.42. The molecule has 0 spiro atoms. The van der Waals surface area contributed by atoms with Crippen molar-refractivity contribution >= 4 is 5.78 Å². The molecule has 5 nitrogen and oxygen atoms in total. The van der Waals surface area contributed by atoms with Gasteiger partial charge in [-0.15, -0.1) is 5.10 Å². The van der Waals surface area contributed by atoms with E-state index in [0.717, 1.165) is 37.1 Å². The summed E-state index contributed by atoms with van der Waals surface area (Å²) >= 11 is 0. The van der Waals surface area contributed by atoms with Crippen molar-refractivity contribution in [3.05, 3.63) is 23.8 Å². The van der Waals surface area contributed by atoms with Gasteiger partial charge in [-0.3, -0.25) is 0 Å². The Kier molecular flexibility index (Phi) is 2.11. The molecule has 0 N–H and O–H groups in total. The van der Waals surface area contributed by atoms with Crippen LogP contribution in [0, 0.1) is 11.3 Å². The Balaban J connectivity index is 2.10. The van der Waals surface area contributed by atoms with Gasteiger partial charge in [0.2, 0.25) is 0 Å². The molecule has 0 aliphatic heterocycles. The number of aromatic nitrogens is 4. The normalized spacial score (nSPS) is 17.6. The Morgan fingerprint density at radius 1 is 1.53 bits per heavy atom. The van der Waals surface area contributed by atoms with Crippen LogP contribution < -0.4 is 0 Å². The van der Waals surface area contributed by atoms with Gasteiger partial charge in [0.15, 0.2) is 5.82 Å². The first-order chi connectivity index (χ1) is 8.27. The zero-order chi connectivity index (χ0) is 11.9. The van der Waals surface area contributed by atoms with Crippen LogP contribution in [0.15, 0.2) is 12.4 Å². The minimum atomic E-state index is -0.334. The number of aryl methyl sites for hydroxylation is 1. The van der Waals surface area contributed by atoms with Crippen LogP contribution in [0.25, 0.3) is 5.78 Å². The number of nitriles is 1. The van der Waals surface area contributed by atoms with E-state index in [-0.39, 0.29) is 5.41 Å². The molecular formula is C12H13N5. The molecule has 0 aromatic carbocycles. The van der Waals surface area contributed by atoms with Crippen molar-refractivity contribution in [1.29, 1.82) is 5.26 Å². The summed E-state index contributed by atoms with van der Waals surface area (Å²) in [5.41, 5.74) is 0.630. The molecule has 0 unspecified atom stereocenters. The van der Waals surface area contributed by atoms with Gasteiger partial charge in [0, 0.05) is 24.4 Å². The number of rotatable bonds is 2. The second-order valence-electron chi connectivity index (χ2n) is 4.52. The number of hydrogen-bond donors (Lipinski definition) is 0. The number of nitrogens with zero attached hydrogens (tertiary/aromatic N) is 5. The molecule has 1 saturated carbocycles. The van der Waals surface area contributed by atoms with Gasteiger partial charge < -0.3 is 0 Å². The fourth-order valence-electron chi connectivity index (χ4n) is 2.22. The van der Waals surface area contributed by atoms with Crippen LogP contribution in [0.4, 0.5) is 0 Å². The average molecular weight is 227 g/mol. The summed E-state index contributed by atoms with van der Waals surface area (Å²) in [5, 5.41) is 13.6. The van der Waals surface area contributed by atoms with Crippen LogP contribution in [0.3, 0.4) is 0 Å². The van der Waals surface area contributed by atoms with Crippen LogP contribution in [0.5, 0.6) is 0 Å². The lowest BCUT2D eigenvalue weighted by Crippen LogP contribution is -2.32. The van der Waals surface area contributed by atoms with Gasteiger partial charge in [0.05, 0.1) is 11.5 Å². The van der Waals surface area contributed by atoms with E-state index in [9.17, 15) is 5.26 Å². The molecule has 86 valence electrons. The van der Waals surface area contributed by atoms with Gasteiger partial charge in [-0.25, -0.2) is 9.50 Å². The summed E-state index contributed by atoms with van der Waals surface area (Å²) in [5.74, 6) is 1.40. The highest BCUT2D eigenvalue weighted by atomic mass is 15.3. The molecule has 0 atom stereocenters. The van der Waals surface area contributed by atoms with Crippen LogP contribution >= 0.6 is 0 Å². The Morgan fingerprint density at radius 2 is 2.35 bits per heavy atom. The maximum Gasteiger partial charge on any atom is 0.252 e. The van der Waals surface area contributed by atoms with Crippen molar-refractivity contribution in [3.8, 4) is 6.07 Å². The van der Waals surface area contributed by atoms with Gasteiger partial charge >= 0.3 is 0 Å². The smallest absolute Gasteiger partial charge is 0.219 e. The van der Waals surface area contributed by atoms with Crippen molar-refractivity contribution in [1.82, 2.24) is 19.6 Å². The van der Waals surface area contributed by atoms with E-state index in [1.807, 2.05) is 13.1 Å². The quantitative estimate of drug-likeness (QED) is 0.782. The zero-order valence-corrected chi connectivity index (χ0v) is 9.72. The second-order valence-corrected chi connectivity index (χ2v) is 4.52. The number of hydrogen-bond acceptors (Lipinski definition) is 4. The molecule has 5 heteroatoms. The van der Waals surface area contributed by atoms with Crippen molar-refractivity contribution in [2.24, 2.45) is 0 Å². The van der Waals surface area contributed by atoms with E-state index >= 15 is 0 Å². The SMILES string of the molecule is CCc1nc2ncc(C3(C#N)CCC3)cn2n1. The summed E-state index contributed by atoms with van der Waals surface area (Å²) in [7, 11) is 0. The van der Waals surface area contributed by atoms with Crippen molar-refractivity contribution in [2.45, 2.75) is 38.0 Å². The summed E-state index contributed by atoms with van der Waals surface area (Å²) in [6.45, 7) is 2.01. The number of fused-ring (bicyclic) bond motifs is 1. The second kappa shape index (κ2) is 3.52. The van der Waals surface area contributed by atoms with Crippen LogP contribution in [0.1, 0.15) is 37.6 Å². The largest absolute Gasteiger partial charge is 0.252 e. The summed E-state index contributed by atoms with van der Waals surface area (Å²) < 4.78 is 1.69. The van der Waals surface area contributed by atoms with E-state index in [1.54, 1.807) is 10.7 Å². The highest BCUT2D eigenvalue weighted by Crippen LogP contribution is 2.42. The molecule has 2 heterocycles. The lowest BCUT2D eigenvalue weighted by atomic mass is 9.66. The topological polar surface area (TPSA) is 66.9 Å². The first-order valence-electron chi connectivity index (χ1n) is 5.90. The Hall–Kier alpha value is -1.96. The Morgan fingerprint density at radius 3 is 2.94 bits per heavy atom. The van der Waals surface area contributed by atoms with Gasteiger partial charge in [0.1, 0.15) is 0 Å². The lowest BCUT2D eigenvalue weighted by molar-refractivity contribution is 0.322. The fourth-order valence-corrected chi connectivity index (χ4v) is 2.22. The van der Waals surface area contributed by atoms with E-state index in [4.69, 9.17) is 0 Å². The maximum atomic E-state index is 9.29. The molecule has 0 bridgehead atoms. The molecule has 0 radical (unpaired) electrons. The highest BCUT2D eigenvalue weighted by Gasteiger charge is 2.39. The Labute approximate surface area is 99.1 Å². The van der Waals surface area contributed by atoms with E-state index in [2.05, 4.69) is 21.1 Å². The summed E-state index contributed by atoms with van der Waals surface area (Å²) in [4.78, 5) is 8.57. The lowest BCUT2D eigenvalue weighted by Gasteiger charge is -2.34. The van der Waals surface area contributed by atoms with E-state index in [1.165, 1.54) is 0 Å². The van der Waals surface area contributed by atoms with Gasteiger partial charge in [-0.05, 0) is 19.3 Å².